The van der Waals surface area contributed by atoms with Crippen molar-refractivity contribution in [3.8, 4) is 17.3 Å². The second kappa shape index (κ2) is 5.58. The number of hydrogen-bond acceptors (Lipinski definition) is 6. The first-order valence-electron chi connectivity index (χ1n) is 6.83. The van der Waals surface area contributed by atoms with Crippen molar-refractivity contribution in [2.45, 2.75) is 32.4 Å². The van der Waals surface area contributed by atoms with Gasteiger partial charge in [0, 0.05) is 23.9 Å². The van der Waals surface area contributed by atoms with Crippen molar-refractivity contribution in [1.29, 1.82) is 0 Å². The molecular formula is C14H18N4O2. The highest BCUT2D eigenvalue weighted by Crippen LogP contribution is 2.22. The van der Waals surface area contributed by atoms with Gasteiger partial charge in [-0.05, 0) is 32.4 Å². The summed E-state index contributed by atoms with van der Waals surface area (Å²) < 4.78 is 10.4. The van der Waals surface area contributed by atoms with E-state index >= 15 is 0 Å². The van der Waals surface area contributed by atoms with Gasteiger partial charge in [0.05, 0.1) is 13.7 Å². The minimum Gasteiger partial charge on any atom is -0.481 e. The molecule has 1 saturated heterocycles. The van der Waals surface area contributed by atoms with Gasteiger partial charge in [0.15, 0.2) is 0 Å². The van der Waals surface area contributed by atoms with E-state index in [2.05, 4.69) is 26.9 Å². The van der Waals surface area contributed by atoms with Gasteiger partial charge in [0.1, 0.15) is 0 Å². The second-order valence-corrected chi connectivity index (χ2v) is 5.06. The summed E-state index contributed by atoms with van der Waals surface area (Å²) in [5, 5.41) is 4.03. The molecule has 1 fully saturated rings. The molecule has 0 aliphatic carbocycles. The molecule has 6 heteroatoms. The van der Waals surface area contributed by atoms with E-state index in [1.165, 1.54) is 12.8 Å². The van der Waals surface area contributed by atoms with Crippen molar-refractivity contribution >= 4 is 0 Å². The molecule has 106 valence electrons. The van der Waals surface area contributed by atoms with Gasteiger partial charge in [-0.25, -0.2) is 4.98 Å². The molecule has 0 radical (unpaired) electrons. The molecule has 1 atom stereocenters. The maximum atomic E-state index is 5.34. The Balaban J connectivity index is 1.75. The van der Waals surface area contributed by atoms with E-state index in [1.807, 2.05) is 6.07 Å². The van der Waals surface area contributed by atoms with Crippen molar-refractivity contribution in [3.63, 3.8) is 0 Å². The number of methoxy groups -OCH3 is 1. The van der Waals surface area contributed by atoms with Gasteiger partial charge in [0.25, 0.3) is 0 Å². The Bertz CT molecular complexity index is 584. The van der Waals surface area contributed by atoms with Gasteiger partial charge in [-0.15, -0.1) is 0 Å². The van der Waals surface area contributed by atoms with Crippen LogP contribution in [0.15, 0.2) is 22.9 Å². The minimum atomic E-state index is 0.544. The predicted octanol–water partition coefficient (Wildman–Crippen LogP) is 2.12. The zero-order valence-electron chi connectivity index (χ0n) is 11.7. The van der Waals surface area contributed by atoms with Gasteiger partial charge in [-0.3, -0.25) is 4.90 Å². The number of rotatable bonds is 4. The van der Waals surface area contributed by atoms with E-state index in [9.17, 15) is 0 Å². The molecule has 2 aromatic heterocycles. The van der Waals surface area contributed by atoms with Crippen LogP contribution in [-0.2, 0) is 6.54 Å². The monoisotopic (exact) mass is 274 g/mol. The zero-order valence-corrected chi connectivity index (χ0v) is 11.7. The summed E-state index contributed by atoms with van der Waals surface area (Å²) in [7, 11) is 1.59. The van der Waals surface area contributed by atoms with Crippen LogP contribution in [0.25, 0.3) is 11.4 Å². The fraction of sp³-hybridized carbons (Fsp3) is 0.500. The Kier molecular flexibility index (Phi) is 3.64. The van der Waals surface area contributed by atoms with Crippen LogP contribution in [-0.4, -0.2) is 39.7 Å². The number of nitrogens with zero attached hydrogens (tertiary/aromatic N) is 4. The van der Waals surface area contributed by atoms with Crippen molar-refractivity contribution in [3.05, 3.63) is 24.2 Å². The standard InChI is InChI=1S/C14H18N4O2/c1-10-4-3-7-18(10)9-13-16-14(17-20-13)11-5-6-15-12(8-11)19-2/h5-6,8,10H,3-4,7,9H2,1-2H3/t10-/m1/s1. The summed E-state index contributed by atoms with van der Waals surface area (Å²) in [5.74, 6) is 1.78. The molecule has 0 saturated carbocycles. The van der Waals surface area contributed by atoms with Gasteiger partial charge in [0.2, 0.25) is 17.6 Å². The lowest BCUT2D eigenvalue weighted by molar-refractivity contribution is 0.221. The average molecular weight is 274 g/mol. The highest BCUT2D eigenvalue weighted by Gasteiger charge is 2.22. The topological polar surface area (TPSA) is 64.3 Å². The maximum absolute atomic E-state index is 5.34. The molecule has 0 spiro atoms. The summed E-state index contributed by atoms with van der Waals surface area (Å²) in [5.41, 5.74) is 0.848. The van der Waals surface area contributed by atoms with Crippen molar-refractivity contribution in [2.24, 2.45) is 0 Å². The van der Waals surface area contributed by atoms with Gasteiger partial charge in [-0.2, -0.15) is 4.98 Å². The molecule has 0 bridgehead atoms. The predicted molar refractivity (Wildman–Crippen MR) is 73.2 cm³/mol. The van der Waals surface area contributed by atoms with E-state index in [0.29, 0.717) is 23.6 Å². The Labute approximate surface area is 117 Å². The summed E-state index contributed by atoms with van der Waals surface area (Å²) in [6.07, 6.45) is 4.15. The molecule has 1 aliphatic rings. The van der Waals surface area contributed by atoms with Crippen LogP contribution in [0.4, 0.5) is 0 Å². The Morgan fingerprint density at radius 2 is 2.40 bits per heavy atom. The van der Waals surface area contributed by atoms with E-state index in [1.54, 1.807) is 19.4 Å². The SMILES string of the molecule is COc1cc(-c2noc(CN3CCC[C@H]3C)n2)ccn1. The first-order chi connectivity index (χ1) is 9.76. The number of pyridine rings is 1. The fourth-order valence-electron chi connectivity index (χ4n) is 2.50. The number of ether oxygens (including phenoxy) is 1. The molecule has 20 heavy (non-hydrogen) atoms. The van der Waals surface area contributed by atoms with Crippen LogP contribution in [0, 0.1) is 0 Å². The fourth-order valence-corrected chi connectivity index (χ4v) is 2.50. The van der Waals surface area contributed by atoms with Crippen LogP contribution < -0.4 is 4.74 Å². The van der Waals surface area contributed by atoms with Gasteiger partial charge in [-0.1, -0.05) is 5.16 Å². The molecule has 6 nitrogen and oxygen atoms in total. The summed E-state index contributed by atoms with van der Waals surface area (Å²) >= 11 is 0. The Morgan fingerprint density at radius 3 is 3.15 bits per heavy atom. The first-order valence-corrected chi connectivity index (χ1v) is 6.83. The lowest BCUT2D eigenvalue weighted by Gasteiger charge is -2.17. The van der Waals surface area contributed by atoms with Crippen molar-refractivity contribution < 1.29 is 9.26 Å². The second-order valence-electron chi connectivity index (χ2n) is 5.06. The normalized spacial score (nSPS) is 19.4. The minimum absolute atomic E-state index is 0.544. The Morgan fingerprint density at radius 1 is 1.50 bits per heavy atom. The molecule has 1 aliphatic heterocycles. The van der Waals surface area contributed by atoms with E-state index < -0.39 is 0 Å². The third-order valence-electron chi connectivity index (χ3n) is 3.70. The van der Waals surface area contributed by atoms with Gasteiger partial charge >= 0.3 is 0 Å². The van der Waals surface area contributed by atoms with Gasteiger partial charge < -0.3 is 9.26 Å². The number of hydrogen-bond donors (Lipinski definition) is 0. The average Bonchev–Trinajstić information content (AvgIpc) is 3.10. The van der Waals surface area contributed by atoms with Crippen LogP contribution in [0.5, 0.6) is 5.88 Å². The lowest BCUT2D eigenvalue weighted by atomic mass is 10.2. The maximum Gasteiger partial charge on any atom is 0.241 e. The summed E-state index contributed by atoms with van der Waals surface area (Å²) in [4.78, 5) is 10.9. The first kappa shape index (κ1) is 13.1. The molecule has 3 heterocycles. The quantitative estimate of drug-likeness (QED) is 0.851. The molecule has 3 rings (SSSR count). The summed E-state index contributed by atoms with van der Waals surface area (Å²) in [6.45, 7) is 4.05. The summed E-state index contributed by atoms with van der Waals surface area (Å²) in [6, 6.07) is 4.23. The van der Waals surface area contributed by atoms with E-state index in [-0.39, 0.29) is 0 Å². The molecule has 2 aromatic rings. The largest absolute Gasteiger partial charge is 0.481 e. The van der Waals surface area contributed by atoms with Crippen LogP contribution in [0.1, 0.15) is 25.7 Å². The molecule has 0 amide bonds. The molecule has 0 aromatic carbocycles. The van der Waals surface area contributed by atoms with Crippen LogP contribution in [0.3, 0.4) is 0 Å². The van der Waals surface area contributed by atoms with E-state index in [4.69, 9.17) is 9.26 Å². The van der Waals surface area contributed by atoms with Crippen LogP contribution in [0.2, 0.25) is 0 Å². The van der Waals surface area contributed by atoms with Crippen molar-refractivity contribution in [2.75, 3.05) is 13.7 Å². The van der Waals surface area contributed by atoms with Crippen LogP contribution >= 0.6 is 0 Å². The highest BCUT2D eigenvalue weighted by molar-refractivity contribution is 5.54. The molecular weight excluding hydrogens is 256 g/mol. The third kappa shape index (κ3) is 2.65. The zero-order chi connectivity index (χ0) is 13.9. The lowest BCUT2D eigenvalue weighted by Crippen LogP contribution is -2.26. The third-order valence-corrected chi connectivity index (χ3v) is 3.70. The number of aromatic nitrogens is 3. The van der Waals surface area contributed by atoms with Crippen molar-refractivity contribution in [1.82, 2.24) is 20.0 Å². The number of likely N-dealkylation sites (tertiary alicyclic amines) is 1. The smallest absolute Gasteiger partial charge is 0.241 e. The molecule has 0 unspecified atom stereocenters. The molecule has 0 N–H and O–H groups in total. The van der Waals surface area contributed by atoms with E-state index in [0.717, 1.165) is 18.7 Å². The Hall–Kier alpha value is -1.95. The highest BCUT2D eigenvalue weighted by atomic mass is 16.5.